The molecule has 3 aromatic rings. The molecule has 0 atom stereocenters. The van der Waals surface area contributed by atoms with Gasteiger partial charge < -0.3 is 10.2 Å². The van der Waals surface area contributed by atoms with Crippen LogP contribution in [0.25, 0.3) is 22.3 Å². The van der Waals surface area contributed by atoms with Crippen LogP contribution in [0.3, 0.4) is 0 Å². The van der Waals surface area contributed by atoms with Crippen molar-refractivity contribution < 1.29 is 19.8 Å². The fourth-order valence-corrected chi connectivity index (χ4v) is 5.14. The normalized spacial score (nSPS) is 14.7. The third-order valence-electron chi connectivity index (χ3n) is 6.95. The molecule has 0 unspecified atom stereocenters. The van der Waals surface area contributed by atoms with Gasteiger partial charge in [0, 0.05) is 0 Å². The number of rotatable bonds is 5. The van der Waals surface area contributed by atoms with Crippen molar-refractivity contribution in [3.05, 3.63) is 82.9 Å². The van der Waals surface area contributed by atoms with Gasteiger partial charge in [0.25, 0.3) is 0 Å². The number of carbonyl (C=O) groups is 2. The lowest BCUT2D eigenvalue weighted by Crippen LogP contribution is -2.15. The number of hydrogen-bond donors (Lipinski definition) is 2. The van der Waals surface area contributed by atoms with Gasteiger partial charge in [-0.25, -0.2) is 9.59 Å². The van der Waals surface area contributed by atoms with E-state index < -0.39 is 11.9 Å². The van der Waals surface area contributed by atoms with Crippen LogP contribution in [-0.2, 0) is 5.41 Å². The number of carboxylic acid groups (broad SMARTS) is 2. The molecule has 4 nitrogen and oxygen atoms in total. The first-order valence-corrected chi connectivity index (χ1v) is 12.0. The van der Waals surface area contributed by atoms with Crippen molar-refractivity contribution in [2.45, 2.75) is 64.2 Å². The van der Waals surface area contributed by atoms with Crippen molar-refractivity contribution in [3.8, 4) is 22.3 Å². The fraction of sp³-hybridized carbons (Fsp3) is 0.333. The van der Waals surface area contributed by atoms with E-state index in [1.54, 1.807) is 24.3 Å². The average Bonchev–Trinajstić information content (AvgIpc) is 2.83. The highest BCUT2D eigenvalue weighted by molar-refractivity contribution is 6.03. The molecule has 1 saturated carbocycles. The quantitative estimate of drug-likeness (QED) is 0.411. The molecule has 4 heteroatoms. The van der Waals surface area contributed by atoms with Gasteiger partial charge in [0.05, 0.1) is 11.1 Å². The third kappa shape index (κ3) is 4.63. The zero-order valence-corrected chi connectivity index (χ0v) is 20.1. The van der Waals surface area contributed by atoms with Gasteiger partial charge in [-0.2, -0.15) is 0 Å². The maximum absolute atomic E-state index is 12.2. The summed E-state index contributed by atoms with van der Waals surface area (Å²) in [5.41, 5.74) is 5.47. The highest BCUT2D eigenvalue weighted by atomic mass is 16.4. The first-order chi connectivity index (χ1) is 16.2. The summed E-state index contributed by atoms with van der Waals surface area (Å²) >= 11 is 0. The Hall–Kier alpha value is -3.40. The van der Waals surface area contributed by atoms with Crippen molar-refractivity contribution >= 4 is 11.9 Å². The monoisotopic (exact) mass is 456 g/mol. The van der Waals surface area contributed by atoms with Gasteiger partial charge >= 0.3 is 11.9 Å². The highest BCUT2D eigenvalue weighted by Gasteiger charge is 2.28. The first-order valence-electron chi connectivity index (χ1n) is 12.0. The van der Waals surface area contributed by atoms with E-state index in [-0.39, 0.29) is 16.5 Å². The Morgan fingerprint density at radius 1 is 0.735 bits per heavy atom. The molecule has 0 aromatic heterocycles. The Balaban J connectivity index is 2.15. The molecule has 0 bridgehead atoms. The van der Waals surface area contributed by atoms with E-state index in [1.165, 1.54) is 6.42 Å². The molecule has 0 radical (unpaired) electrons. The van der Waals surface area contributed by atoms with Crippen LogP contribution < -0.4 is 0 Å². The summed E-state index contributed by atoms with van der Waals surface area (Å²) in [6, 6.07) is 18.4. The Labute approximate surface area is 201 Å². The predicted molar refractivity (Wildman–Crippen MR) is 136 cm³/mol. The van der Waals surface area contributed by atoms with Crippen LogP contribution in [0.4, 0.5) is 0 Å². The molecule has 1 aliphatic carbocycles. The molecule has 3 aromatic carbocycles. The molecule has 1 fully saturated rings. The summed E-state index contributed by atoms with van der Waals surface area (Å²) in [7, 11) is 0. The zero-order valence-electron chi connectivity index (χ0n) is 20.1. The van der Waals surface area contributed by atoms with Crippen LogP contribution in [0.2, 0.25) is 0 Å². The van der Waals surface area contributed by atoms with Crippen LogP contribution in [0.1, 0.15) is 90.6 Å². The average molecular weight is 457 g/mol. The summed E-state index contributed by atoms with van der Waals surface area (Å²) in [6.45, 7) is 6.47. The van der Waals surface area contributed by atoms with E-state index in [1.807, 2.05) is 24.3 Å². The molecular formula is C30H32O4. The standard InChI is InChI=1S/C30H32O4/c1-30(2,3)20-17-25(19-11-5-4-6-12-19)27(22-14-8-10-16-24(22)29(33)34)26(18-20)21-13-7-9-15-23(21)28(31)32/h7-10,13-19H,4-6,11-12H2,1-3H3,(H,31,32)(H,33,34). The van der Waals surface area contributed by atoms with Gasteiger partial charge in [0.1, 0.15) is 0 Å². The van der Waals surface area contributed by atoms with Crippen molar-refractivity contribution in [1.29, 1.82) is 0 Å². The van der Waals surface area contributed by atoms with Gasteiger partial charge in [0.2, 0.25) is 0 Å². The second kappa shape index (κ2) is 9.46. The van der Waals surface area contributed by atoms with Gasteiger partial charge in [-0.1, -0.05) is 82.5 Å². The molecule has 0 amide bonds. The third-order valence-corrected chi connectivity index (χ3v) is 6.95. The number of benzene rings is 3. The summed E-state index contributed by atoms with van der Waals surface area (Å²) in [5, 5.41) is 20.0. The largest absolute Gasteiger partial charge is 0.478 e. The van der Waals surface area contributed by atoms with Crippen LogP contribution in [0.5, 0.6) is 0 Å². The van der Waals surface area contributed by atoms with Gasteiger partial charge in [-0.05, 0) is 75.8 Å². The summed E-state index contributed by atoms with van der Waals surface area (Å²) in [5.74, 6) is -1.67. The molecule has 34 heavy (non-hydrogen) atoms. The minimum atomic E-state index is -0.992. The van der Waals surface area contributed by atoms with E-state index in [9.17, 15) is 19.8 Å². The summed E-state index contributed by atoms with van der Waals surface area (Å²) in [4.78, 5) is 24.4. The van der Waals surface area contributed by atoms with Gasteiger partial charge in [-0.15, -0.1) is 0 Å². The lowest BCUT2D eigenvalue weighted by molar-refractivity contribution is 0.0686. The number of carboxylic acids is 2. The zero-order chi connectivity index (χ0) is 24.5. The number of aromatic carboxylic acids is 2. The van der Waals surface area contributed by atoms with E-state index in [0.29, 0.717) is 17.0 Å². The van der Waals surface area contributed by atoms with E-state index in [4.69, 9.17) is 0 Å². The van der Waals surface area contributed by atoms with Crippen molar-refractivity contribution in [3.63, 3.8) is 0 Å². The van der Waals surface area contributed by atoms with Crippen LogP contribution in [-0.4, -0.2) is 22.2 Å². The predicted octanol–water partition coefficient (Wildman–Crippen LogP) is 7.76. The van der Waals surface area contributed by atoms with E-state index in [2.05, 4.69) is 32.9 Å². The molecule has 0 saturated heterocycles. The highest BCUT2D eigenvalue weighted by Crippen LogP contribution is 2.46. The minimum Gasteiger partial charge on any atom is -0.478 e. The first kappa shape index (κ1) is 23.7. The Morgan fingerprint density at radius 3 is 1.82 bits per heavy atom. The number of hydrogen-bond acceptors (Lipinski definition) is 2. The topological polar surface area (TPSA) is 74.6 Å². The van der Waals surface area contributed by atoms with Crippen molar-refractivity contribution in [2.24, 2.45) is 0 Å². The van der Waals surface area contributed by atoms with Crippen LogP contribution in [0.15, 0.2) is 60.7 Å². The second-order valence-electron chi connectivity index (χ2n) is 10.3. The lowest BCUT2D eigenvalue weighted by Gasteiger charge is -2.30. The maximum atomic E-state index is 12.2. The lowest BCUT2D eigenvalue weighted by atomic mass is 9.74. The Bertz CT molecular complexity index is 1230. The van der Waals surface area contributed by atoms with Crippen LogP contribution in [0, 0.1) is 0 Å². The molecule has 0 aliphatic heterocycles. The van der Waals surface area contributed by atoms with Gasteiger partial charge in [0.15, 0.2) is 0 Å². The van der Waals surface area contributed by atoms with E-state index in [0.717, 1.165) is 47.9 Å². The smallest absolute Gasteiger partial charge is 0.336 e. The Kier molecular flexibility index (Phi) is 6.60. The second-order valence-corrected chi connectivity index (χ2v) is 10.3. The molecule has 4 rings (SSSR count). The molecule has 176 valence electrons. The summed E-state index contributed by atoms with van der Waals surface area (Å²) in [6.07, 6.45) is 5.61. The summed E-state index contributed by atoms with van der Waals surface area (Å²) < 4.78 is 0. The maximum Gasteiger partial charge on any atom is 0.336 e. The van der Waals surface area contributed by atoms with E-state index >= 15 is 0 Å². The SMILES string of the molecule is CC(C)(C)c1cc(-c2ccccc2C(=O)O)c(-c2ccccc2C(=O)O)c(C2CCCCC2)c1. The fourth-order valence-electron chi connectivity index (χ4n) is 5.14. The molecule has 0 heterocycles. The van der Waals surface area contributed by atoms with Gasteiger partial charge in [-0.3, -0.25) is 0 Å². The molecule has 1 aliphatic rings. The van der Waals surface area contributed by atoms with Crippen molar-refractivity contribution in [2.75, 3.05) is 0 Å². The van der Waals surface area contributed by atoms with Crippen molar-refractivity contribution in [1.82, 2.24) is 0 Å². The molecular weight excluding hydrogens is 424 g/mol. The minimum absolute atomic E-state index is 0.152. The Morgan fingerprint density at radius 2 is 1.26 bits per heavy atom. The van der Waals surface area contributed by atoms with Crippen LogP contribution >= 0.6 is 0 Å². The molecule has 2 N–H and O–H groups in total. The molecule has 0 spiro atoms.